The summed E-state index contributed by atoms with van der Waals surface area (Å²) < 4.78 is 16.6. The van der Waals surface area contributed by atoms with E-state index in [1.807, 2.05) is 0 Å². The molecule has 2 N–H and O–H groups in total. The van der Waals surface area contributed by atoms with Gasteiger partial charge in [-0.3, -0.25) is 0 Å². The van der Waals surface area contributed by atoms with E-state index in [-0.39, 0.29) is 0 Å². The van der Waals surface area contributed by atoms with Crippen LogP contribution in [0.3, 0.4) is 0 Å². The molecule has 0 fully saturated rings. The van der Waals surface area contributed by atoms with Crippen LogP contribution in [0.2, 0.25) is 18.1 Å². The Kier molecular flexibility index (Phi) is 17.9. The van der Waals surface area contributed by atoms with Crippen molar-refractivity contribution in [2.24, 2.45) is 0 Å². The fraction of sp³-hybridized carbons (Fsp3) is 1.00. The summed E-state index contributed by atoms with van der Waals surface area (Å²) in [6.07, 6.45) is 9.03. The summed E-state index contributed by atoms with van der Waals surface area (Å²) in [6.45, 7) is 18.9. The number of rotatable bonds is 20. The van der Waals surface area contributed by atoms with Gasteiger partial charge in [-0.25, -0.2) is 0 Å². The summed E-state index contributed by atoms with van der Waals surface area (Å²) in [4.78, 5) is 0. The molecule has 0 spiro atoms. The zero-order valence-electron chi connectivity index (χ0n) is 19.8. The molecular weight excluding hydrogens is 368 g/mol. The van der Waals surface area contributed by atoms with E-state index in [0.717, 1.165) is 45.8 Å². The van der Waals surface area contributed by atoms with E-state index in [1.54, 1.807) is 7.11 Å². The molecule has 0 heterocycles. The first kappa shape index (κ1) is 28.0. The maximum Gasteiger partial charge on any atom is 0.192 e. The summed E-state index contributed by atoms with van der Waals surface area (Å²) in [7, 11) is 0.130. The molecule has 170 valence electrons. The second-order valence-corrected chi connectivity index (χ2v) is 14.0. The van der Waals surface area contributed by atoms with Gasteiger partial charge in [-0.15, -0.1) is 0 Å². The van der Waals surface area contributed by atoms with Crippen LogP contribution >= 0.6 is 0 Å². The van der Waals surface area contributed by atoms with Crippen molar-refractivity contribution >= 4 is 8.32 Å². The first-order valence-electron chi connectivity index (χ1n) is 11.4. The van der Waals surface area contributed by atoms with Crippen molar-refractivity contribution in [1.82, 2.24) is 10.6 Å². The Morgan fingerprint density at radius 1 is 0.643 bits per heavy atom. The van der Waals surface area contributed by atoms with Crippen molar-refractivity contribution in [3.05, 3.63) is 0 Å². The summed E-state index contributed by atoms with van der Waals surface area (Å²) >= 11 is 0. The Morgan fingerprint density at radius 3 is 1.75 bits per heavy atom. The molecule has 6 heteroatoms. The molecule has 0 radical (unpaired) electrons. The largest absolute Gasteiger partial charge is 0.416 e. The van der Waals surface area contributed by atoms with E-state index in [0.29, 0.717) is 18.3 Å². The van der Waals surface area contributed by atoms with Gasteiger partial charge in [-0.1, -0.05) is 46.5 Å². The minimum atomic E-state index is -1.57. The normalized spacial score (nSPS) is 12.6. The van der Waals surface area contributed by atoms with Crippen LogP contribution in [0.5, 0.6) is 0 Å². The summed E-state index contributed by atoms with van der Waals surface area (Å²) in [6, 6.07) is 0. The molecule has 0 rings (SSSR count). The molecule has 0 unspecified atom stereocenters. The molecule has 0 atom stereocenters. The third-order valence-corrected chi connectivity index (χ3v) is 10.1. The van der Waals surface area contributed by atoms with Gasteiger partial charge < -0.3 is 24.5 Å². The van der Waals surface area contributed by atoms with Crippen LogP contribution in [0.25, 0.3) is 0 Å². The van der Waals surface area contributed by atoms with Gasteiger partial charge in [0, 0.05) is 26.9 Å². The third kappa shape index (κ3) is 16.9. The van der Waals surface area contributed by atoms with E-state index >= 15 is 0 Å². The van der Waals surface area contributed by atoms with Crippen molar-refractivity contribution in [2.45, 2.75) is 83.8 Å². The van der Waals surface area contributed by atoms with Crippen LogP contribution in [0, 0.1) is 0 Å². The van der Waals surface area contributed by atoms with Gasteiger partial charge in [0.15, 0.2) is 8.32 Å². The predicted molar refractivity (Wildman–Crippen MR) is 124 cm³/mol. The molecule has 0 aromatic rings. The highest BCUT2D eigenvalue weighted by Crippen LogP contribution is 2.36. The van der Waals surface area contributed by atoms with Crippen LogP contribution in [0.15, 0.2) is 0 Å². The highest BCUT2D eigenvalue weighted by atomic mass is 28.4. The molecular formula is C22H50N2O3Si. The lowest BCUT2D eigenvalue weighted by molar-refractivity contribution is 0.0695. The Bertz CT molecular complexity index is 336. The lowest BCUT2D eigenvalue weighted by atomic mass is 10.1. The first-order valence-corrected chi connectivity index (χ1v) is 14.3. The maximum absolute atomic E-state index is 6.18. The van der Waals surface area contributed by atoms with Gasteiger partial charge in [-0.05, 0) is 57.0 Å². The molecule has 0 saturated carbocycles. The number of ether oxygens (including phenoxy) is 2. The Labute approximate surface area is 176 Å². The van der Waals surface area contributed by atoms with Crippen LogP contribution in [0.1, 0.15) is 65.7 Å². The second-order valence-electron chi connectivity index (χ2n) is 9.19. The van der Waals surface area contributed by atoms with Gasteiger partial charge in [0.2, 0.25) is 0 Å². The zero-order valence-corrected chi connectivity index (χ0v) is 20.8. The van der Waals surface area contributed by atoms with E-state index in [2.05, 4.69) is 44.5 Å². The fourth-order valence-corrected chi connectivity index (χ4v) is 3.64. The molecule has 0 bridgehead atoms. The molecule has 0 aromatic heterocycles. The van der Waals surface area contributed by atoms with E-state index in [1.165, 1.54) is 38.5 Å². The van der Waals surface area contributed by atoms with Crippen molar-refractivity contribution in [1.29, 1.82) is 0 Å². The quantitative estimate of drug-likeness (QED) is 0.224. The van der Waals surface area contributed by atoms with E-state index in [4.69, 9.17) is 13.9 Å². The van der Waals surface area contributed by atoms with E-state index < -0.39 is 8.32 Å². The molecule has 0 aliphatic heterocycles. The highest BCUT2D eigenvalue weighted by molar-refractivity contribution is 6.74. The molecule has 28 heavy (non-hydrogen) atoms. The Hall–Kier alpha value is 0.0169. The minimum Gasteiger partial charge on any atom is -0.416 e. The SMILES string of the molecule is COCCOCCCNCCCCCCCCNCCO[Si](C)(C)C(C)(C)C. The molecule has 0 amide bonds. The molecule has 0 aliphatic rings. The lowest BCUT2D eigenvalue weighted by Crippen LogP contribution is -2.42. The van der Waals surface area contributed by atoms with Crippen molar-refractivity contribution < 1.29 is 13.9 Å². The first-order chi connectivity index (χ1) is 13.3. The molecule has 5 nitrogen and oxygen atoms in total. The number of unbranched alkanes of at least 4 members (excludes halogenated alkanes) is 5. The van der Waals surface area contributed by atoms with Crippen molar-refractivity contribution in [3.63, 3.8) is 0 Å². The van der Waals surface area contributed by atoms with Crippen LogP contribution < -0.4 is 10.6 Å². The van der Waals surface area contributed by atoms with Gasteiger partial charge >= 0.3 is 0 Å². The summed E-state index contributed by atoms with van der Waals surface area (Å²) in [5, 5.41) is 7.33. The van der Waals surface area contributed by atoms with Gasteiger partial charge in [0.05, 0.1) is 13.2 Å². The molecule has 0 aromatic carbocycles. The minimum absolute atomic E-state index is 0.307. The smallest absolute Gasteiger partial charge is 0.192 e. The van der Waals surface area contributed by atoms with Gasteiger partial charge in [0.25, 0.3) is 0 Å². The fourth-order valence-electron chi connectivity index (χ4n) is 2.60. The summed E-state index contributed by atoms with van der Waals surface area (Å²) in [5.41, 5.74) is 0. The molecule has 0 saturated heterocycles. The van der Waals surface area contributed by atoms with Gasteiger partial charge in [0.1, 0.15) is 0 Å². The van der Waals surface area contributed by atoms with Crippen LogP contribution in [0.4, 0.5) is 0 Å². The number of hydrogen-bond donors (Lipinski definition) is 2. The van der Waals surface area contributed by atoms with Crippen LogP contribution in [-0.4, -0.2) is 68.0 Å². The predicted octanol–water partition coefficient (Wildman–Crippen LogP) is 4.58. The number of hydrogen-bond acceptors (Lipinski definition) is 5. The topological polar surface area (TPSA) is 51.8 Å². The average Bonchev–Trinajstić information content (AvgIpc) is 2.62. The maximum atomic E-state index is 6.18. The van der Waals surface area contributed by atoms with Crippen molar-refractivity contribution in [3.8, 4) is 0 Å². The average molecular weight is 419 g/mol. The van der Waals surface area contributed by atoms with Gasteiger partial charge in [-0.2, -0.15) is 0 Å². The van der Waals surface area contributed by atoms with Crippen LogP contribution in [-0.2, 0) is 13.9 Å². The Balaban J connectivity index is 3.18. The standard InChI is InChI=1S/C22H50N2O3Si/c1-22(2,3)28(5,6)27-19-17-24-15-12-10-8-7-9-11-14-23-16-13-18-26-21-20-25-4/h23-24H,7-21H2,1-6H3. The molecule has 0 aliphatic carbocycles. The Morgan fingerprint density at radius 2 is 1.18 bits per heavy atom. The number of methoxy groups -OCH3 is 1. The monoisotopic (exact) mass is 418 g/mol. The zero-order chi connectivity index (χ0) is 21.1. The van der Waals surface area contributed by atoms with E-state index in [9.17, 15) is 0 Å². The summed E-state index contributed by atoms with van der Waals surface area (Å²) in [5.74, 6) is 0. The van der Waals surface area contributed by atoms with Crippen molar-refractivity contribution in [2.75, 3.05) is 59.7 Å². The third-order valence-electron chi connectivity index (χ3n) is 5.58. The lowest BCUT2D eigenvalue weighted by Gasteiger charge is -2.36. The highest BCUT2D eigenvalue weighted by Gasteiger charge is 2.36. The number of nitrogens with one attached hydrogen (secondary N) is 2. The second kappa shape index (κ2) is 17.8.